The number of aliphatic carboxylic acids is 1. The third kappa shape index (κ3) is 8.90. The number of hydrogen-bond acceptors (Lipinski definition) is 8. The molecule has 1 saturated carbocycles. The average Bonchev–Trinajstić information content (AvgIpc) is 3.76. The lowest BCUT2D eigenvalue weighted by molar-refractivity contribution is -0.140. The number of nitrogens with one attached hydrogen (secondary N) is 1. The Morgan fingerprint density at radius 1 is 1.02 bits per heavy atom. The molecule has 0 radical (unpaired) electrons. The molecule has 1 aromatic heterocycles. The van der Waals surface area contributed by atoms with Gasteiger partial charge >= 0.3 is 12.1 Å². The second-order valence-corrected chi connectivity index (χ2v) is 14.2. The van der Waals surface area contributed by atoms with Crippen molar-refractivity contribution in [3.8, 4) is 39.8 Å². The van der Waals surface area contributed by atoms with Crippen LogP contribution in [0.1, 0.15) is 66.5 Å². The number of carbonyl (C=O) groups is 2. The van der Waals surface area contributed by atoms with E-state index in [4.69, 9.17) is 25.8 Å². The highest BCUT2D eigenvalue weighted by atomic mass is 35.5. The number of methoxy groups -OCH3 is 2. The van der Waals surface area contributed by atoms with Gasteiger partial charge in [0, 0.05) is 48.2 Å². The molecular weight excluding hydrogens is 742 g/mol. The van der Waals surface area contributed by atoms with E-state index in [1.165, 1.54) is 25.2 Å². The van der Waals surface area contributed by atoms with Gasteiger partial charge < -0.3 is 24.6 Å². The maximum Gasteiger partial charge on any atom is 0.421 e. The van der Waals surface area contributed by atoms with Gasteiger partial charge in [0.1, 0.15) is 29.0 Å². The Kier molecular flexibility index (Phi) is 12.3. The van der Waals surface area contributed by atoms with Crippen LogP contribution >= 0.6 is 11.6 Å². The fourth-order valence-corrected chi connectivity index (χ4v) is 7.83. The Morgan fingerprint density at radius 3 is 2.44 bits per heavy atom. The van der Waals surface area contributed by atoms with E-state index in [9.17, 15) is 27.9 Å². The molecule has 2 atom stereocenters. The van der Waals surface area contributed by atoms with Crippen LogP contribution in [0.25, 0.3) is 22.3 Å². The second kappa shape index (κ2) is 17.0. The van der Waals surface area contributed by atoms with Crippen molar-refractivity contribution in [2.45, 2.75) is 64.4 Å². The number of pyridine rings is 1. The number of alkyl halides is 3. The van der Waals surface area contributed by atoms with Gasteiger partial charge in [0.15, 0.2) is 0 Å². The minimum atomic E-state index is -4.82. The molecule has 2 aliphatic rings. The Bertz CT molecular complexity index is 2080. The van der Waals surface area contributed by atoms with Crippen LogP contribution in [-0.2, 0) is 35.3 Å². The second-order valence-electron chi connectivity index (χ2n) is 13.8. The molecule has 0 amide bonds. The minimum Gasteiger partial charge on any atom is -0.496 e. The van der Waals surface area contributed by atoms with Crippen LogP contribution in [0, 0.1) is 11.7 Å². The van der Waals surface area contributed by atoms with Gasteiger partial charge in [-0.2, -0.15) is 18.2 Å². The van der Waals surface area contributed by atoms with E-state index >= 15 is 4.39 Å². The summed E-state index contributed by atoms with van der Waals surface area (Å²) in [4.78, 5) is 28.5. The predicted molar refractivity (Wildman–Crippen MR) is 199 cm³/mol. The zero-order chi connectivity index (χ0) is 39.4. The van der Waals surface area contributed by atoms with E-state index in [1.807, 2.05) is 18.2 Å². The monoisotopic (exact) mass is 783 g/mol. The number of Topliss-reactive ketones (excluding diaryl/α,β-unsaturated/α-hetero) is 1. The summed E-state index contributed by atoms with van der Waals surface area (Å²) in [6, 6.07) is 15.0. The summed E-state index contributed by atoms with van der Waals surface area (Å²) in [6.45, 7) is 2.33. The van der Waals surface area contributed by atoms with E-state index in [0.29, 0.717) is 70.8 Å². The van der Waals surface area contributed by atoms with E-state index in [1.54, 1.807) is 31.2 Å². The van der Waals surface area contributed by atoms with Gasteiger partial charge in [0.05, 0.1) is 25.8 Å². The number of likely N-dealkylation sites (N-methyl/N-ethyl adjacent to an activating group) is 1. The van der Waals surface area contributed by atoms with E-state index < -0.39 is 35.5 Å². The number of nitrogens with zero attached hydrogens (tertiary/aromatic N) is 2. The largest absolute Gasteiger partial charge is 0.496 e. The van der Waals surface area contributed by atoms with Gasteiger partial charge in [-0.05, 0) is 78.7 Å². The lowest BCUT2D eigenvalue weighted by atomic mass is 9.93. The molecule has 1 fully saturated rings. The lowest BCUT2D eigenvalue weighted by Gasteiger charge is -2.23. The number of rotatable bonds is 15. The quantitative estimate of drug-likeness (QED) is 0.115. The summed E-state index contributed by atoms with van der Waals surface area (Å²) >= 11 is 7.08. The number of ketones is 1. The highest BCUT2D eigenvalue weighted by molar-refractivity contribution is 6.36. The summed E-state index contributed by atoms with van der Waals surface area (Å²) in [6.07, 6.45) is -2.80. The first kappa shape index (κ1) is 40.0. The fraction of sp³-hybridized carbons (Fsp3) is 0.390. The first-order chi connectivity index (χ1) is 26.3. The number of fused-ring (bicyclic) bond motifs is 1. The average molecular weight is 784 g/mol. The normalized spacial score (nSPS) is 16.8. The molecule has 1 heterocycles. The summed E-state index contributed by atoms with van der Waals surface area (Å²) in [5, 5.41) is 12.9. The number of aromatic nitrogens is 1. The van der Waals surface area contributed by atoms with Gasteiger partial charge in [0.25, 0.3) is 0 Å². The molecule has 0 unspecified atom stereocenters. The molecule has 55 heavy (non-hydrogen) atoms. The molecule has 2 N–H and O–H groups in total. The van der Waals surface area contributed by atoms with Gasteiger partial charge in [0.2, 0.25) is 11.8 Å². The standard InChI is InChI=1S/C41H42ClF4N3O6/c1-4-49(22-37(51)52)21-25-16-33(41(44,45)46)40(48-39(25)54-3)55-35-14-13-29-28(8-6-9-30(29)35)31-10-5-7-27(38(31)42)24-17-34(43)32(36(18-24)53-2)20-47-19-23-11-12-26(50)15-23/h5-10,16-18,23,35,47H,4,11-15,19-22H2,1-3H3,(H,51,52)/t23-,35+/m1/s1. The summed E-state index contributed by atoms with van der Waals surface area (Å²) < 4.78 is 76.0. The topological polar surface area (TPSA) is 110 Å². The number of benzene rings is 3. The van der Waals surface area contributed by atoms with Gasteiger partial charge in [-0.1, -0.05) is 54.9 Å². The van der Waals surface area contributed by atoms with Crippen LogP contribution in [0.5, 0.6) is 17.5 Å². The third-order valence-electron chi connectivity index (χ3n) is 10.3. The molecule has 14 heteroatoms. The summed E-state index contributed by atoms with van der Waals surface area (Å²) in [5.41, 5.74) is 3.39. The fourth-order valence-electron chi connectivity index (χ4n) is 7.49. The molecule has 4 aromatic rings. The van der Waals surface area contributed by atoms with Crippen molar-refractivity contribution in [1.29, 1.82) is 0 Å². The number of carboxylic acid groups (broad SMARTS) is 1. The van der Waals surface area contributed by atoms with Crippen molar-refractivity contribution in [2.75, 3.05) is 33.9 Å². The number of hydrogen-bond donors (Lipinski definition) is 2. The van der Waals surface area contributed by atoms with Crippen LogP contribution in [0.15, 0.2) is 54.6 Å². The highest BCUT2D eigenvalue weighted by Gasteiger charge is 2.39. The Labute approximate surface area is 321 Å². The van der Waals surface area contributed by atoms with Crippen LogP contribution in [0.4, 0.5) is 17.6 Å². The molecule has 6 rings (SSSR count). The molecule has 0 spiro atoms. The molecule has 292 valence electrons. The smallest absolute Gasteiger partial charge is 0.421 e. The van der Waals surface area contributed by atoms with E-state index in [0.717, 1.165) is 23.6 Å². The zero-order valence-corrected chi connectivity index (χ0v) is 31.5. The molecule has 2 aliphatic carbocycles. The van der Waals surface area contributed by atoms with Crippen molar-refractivity contribution in [3.63, 3.8) is 0 Å². The maximum atomic E-state index is 15.7. The Balaban J connectivity index is 1.27. The molecule has 0 aliphatic heterocycles. The van der Waals surface area contributed by atoms with E-state index in [-0.39, 0.29) is 49.3 Å². The lowest BCUT2D eigenvalue weighted by Crippen LogP contribution is -2.29. The van der Waals surface area contributed by atoms with Gasteiger partial charge in [-0.3, -0.25) is 14.5 Å². The van der Waals surface area contributed by atoms with Crippen LogP contribution in [0.2, 0.25) is 5.02 Å². The molecule has 0 saturated heterocycles. The number of ether oxygens (including phenoxy) is 3. The minimum absolute atomic E-state index is 0.0794. The Hall–Kier alpha value is -4.72. The number of carbonyl (C=O) groups excluding carboxylic acids is 1. The van der Waals surface area contributed by atoms with Gasteiger partial charge in [-0.15, -0.1) is 0 Å². The maximum absolute atomic E-state index is 15.7. The molecular formula is C41H42ClF4N3O6. The molecule has 3 aromatic carbocycles. The van der Waals surface area contributed by atoms with Crippen molar-refractivity contribution in [2.24, 2.45) is 5.92 Å². The molecule has 9 nitrogen and oxygen atoms in total. The van der Waals surface area contributed by atoms with Crippen LogP contribution < -0.4 is 19.5 Å². The van der Waals surface area contributed by atoms with Crippen molar-refractivity contribution in [3.05, 3.63) is 93.3 Å². The third-order valence-corrected chi connectivity index (χ3v) is 10.7. The van der Waals surface area contributed by atoms with Crippen LogP contribution in [0.3, 0.4) is 0 Å². The zero-order valence-electron chi connectivity index (χ0n) is 30.7. The van der Waals surface area contributed by atoms with Gasteiger partial charge in [-0.25, -0.2) is 4.39 Å². The predicted octanol–water partition coefficient (Wildman–Crippen LogP) is 8.68. The SMILES string of the molecule is CCN(CC(=O)O)Cc1cc(C(F)(F)F)c(O[C@H]2CCc3c(-c4cccc(-c5cc(F)c(CNC[C@@H]6CCC(=O)C6)c(OC)c5)c4Cl)cccc32)nc1OC. The summed E-state index contributed by atoms with van der Waals surface area (Å²) in [7, 11) is 2.76. The first-order valence-corrected chi connectivity index (χ1v) is 18.4. The van der Waals surface area contributed by atoms with Crippen molar-refractivity contribution < 1.29 is 46.5 Å². The number of carboxylic acids is 1. The first-order valence-electron chi connectivity index (χ1n) is 18.1. The van der Waals surface area contributed by atoms with Crippen molar-refractivity contribution >= 4 is 23.4 Å². The number of halogens is 5. The summed E-state index contributed by atoms with van der Waals surface area (Å²) in [5.74, 6) is -1.47. The van der Waals surface area contributed by atoms with E-state index in [2.05, 4.69) is 10.3 Å². The highest BCUT2D eigenvalue weighted by Crippen LogP contribution is 2.46. The van der Waals surface area contributed by atoms with Crippen LogP contribution in [-0.4, -0.2) is 60.6 Å². The molecule has 0 bridgehead atoms. The Morgan fingerprint density at radius 2 is 1.76 bits per heavy atom. The van der Waals surface area contributed by atoms with Crippen molar-refractivity contribution in [1.82, 2.24) is 15.2 Å².